The minimum Gasteiger partial charge on any atom is -0.333 e. The van der Waals surface area contributed by atoms with Gasteiger partial charge < -0.3 is 4.90 Å². The maximum Gasteiger partial charge on any atom is 0.324 e. The third kappa shape index (κ3) is 3.37. The Balaban J connectivity index is 2.55. The minimum absolute atomic E-state index is 0.498. The number of nitrogens with zero attached hydrogens (tertiary/aromatic N) is 2. The summed E-state index contributed by atoms with van der Waals surface area (Å²) in [4.78, 5) is 12.4. The third-order valence-electron chi connectivity index (χ3n) is 2.12. The van der Waals surface area contributed by atoms with Crippen LogP contribution in [-0.2, 0) is 11.2 Å². The van der Waals surface area contributed by atoms with Crippen LogP contribution in [0.1, 0.15) is 5.56 Å². The van der Waals surface area contributed by atoms with Gasteiger partial charge >= 0.3 is 5.91 Å². The van der Waals surface area contributed by atoms with Crippen LogP contribution in [0.4, 0.5) is 0 Å². The Kier molecular flexibility index (Phi) is 4.32. The molecule has 1 aromatic rings. The van der Waals surface area contributed by atoms with Gasteiger partial charge in [0.15, 0.2) is 6.07 Å². The summed E-state index contributed by atoms with van der Waals surface area (Å²) in [6.07, 6.45) is 0.741. The summed E-state index contributed by atoms with van der Waals surface area (Å²) in [5, 5.41) is 8.41. The fraction of sp³-hybridized carbons (Fsp3) is 0.273. The highest BCUT2D eigenvalue weighted by atomic mass is 79.9. The summed E-state index contributed by atoms with van der Waals surface area (Å²) in [6, 6.07) is 9.44. The molecule has 0 aliphatic heterocycles. The Morgan fingerprint density at radius 1 is 1.53 bits per heavy atom. The van der Waals surface area contributed by atoms with Gasteiger partial charge in [-0.05, 0) is 18.1 Å². The van der Waals surface area contributed by atoms with Gasteiger partial charge in [0.1, 0.15) is 0 Å². The van der Waals surface area contributed by atoms with Gasteiger partial charge in [0.25, 0.3) is 0 Å². The molecule has 78 valence electrons. The first-order valence-corrected chi connectivity index (χ1v) is 5.33. The molecule has 0 saturated heterocycles. The van der Waals surface area contributed by atoms with Crippen LogP contribution in [-0.4, -0.2) is 24.4 Å². The molecule has 0 heterocycles. The summed E-state index contributed by atoms with van der Waals surface area (Å²) in [5.74, 6) is -0.498. The van der Waals surface area contributed by atoms with Gasteiger partial charge in [-0.3, -0.25) is 4.79 Å². The zero-order valence-electron chi connectivity index (χ0n) is 8.40. The van der Waals surface area contributed by atoms with Crippen molar-refractivity contribution in [3.8, 4) is 6.07 Å². The zero-order chi connectivity index (χ0) is 11.3. The Hall–Kier alpha value is -1.34. The number of carbonyl (C=O) groups is 1. The van der Waals surface area contributed by atoms with Crippen LogP contribution in [0, 0.1) is 11.3 Å². The van der Waals surface area contributed by atoms with Gasteiger partial charge in [0.05, 0.1) is 0 Å². The molecular weight excluding hydrogens is 256 g/mol. The summed E-state index contributed by atoms with van der Waals surface area (Å²) in [5.41, 5.74) is 1.13. The fourth-order valence-corrected chi connectivity index (χ4v) is 1.66. The number of hydrogen-bond acceptors (Lipinski definition) is 2. The SMILES string of the molecule is CN(CCc1ccccc1Br)C(=O)C#N. The number of halogens is 1. The lowest BCUT2D eigenvalue weighted by atomic mass is 10.1. The van der Waals surface area contributed by atoms with E-state index in [0.717, 1.165) is 16.5 Å². The maximum absolute atomic E-state index is 11.0. The molecule has 0 N–H and O–H groups in total. The summed E-state index contributed by atoms with van der Waals surface area (Å²) in [6.45, 7) is 0.551. The topological polar surface area (TPSA) is 44.1 Å². The number of rotatable bonds is 3. The van der Waals surface area contributed by atoms with E-state index in [1.54, 1.807) is 13.1 Å². The number of likely N-dealkylation sites (N-methyl/N-ethyl adjacent to an activating group) is 1. The molecule has 0 bridgehead atoms. The van der Waals surface area contributed by atoms with Crippen LogP contribution in [0.5, 0.6) is 0 Å². The molecule has 1 rings (SSSR count). The van der Waals surface area contributed by atoms with Crippen molar-refractivity contribution in [2.45, 2.75) is 6.42 Å². The number of carbonyl (C=O) groups excluding carboxylic acids is 1. The van der Waals surface area contributed by atoms with E-state index in [2.05, 4.69) is 15.9 Å². The average Bonchev–Trinajstić information content (AvgIpc) is 2.26. The Labute approximate surface area is 97.4 Å². The van der Waals surface area contributed by atoms with Gasteiger partial charge in [-0.2, -0.15) is 5.26 Å². The quantitative estimate of drug-likeness (QED) is 0.786. The smallest absolute Gasteiger partial charge is 0.324 e. The van der Waals surface area contributed by atoms with E-state index in [-0.39, 0.29) is 0 Å². The number of nitriles is 1. The van der Waals surface area contributed by atoms with Crippen molar-refractivity contribution in [1.82, 2.24) is 4.90 Å². The highest BCUT2D eigenvalue weighted by Gasteiger charge is 2.07. The molecule has 15 heavy (non-hydrogen) atoms. The normalized spacial score (nSPS) is 9.40. The molecule has 3 nitrogen and oxygen atoms in total. The van der Waals surface area contributed by atoms with Gasteiger partial charge in [-0.25, -0.2) is 0 Å². The average molecular weight is 267 g/mol. The molecule has 0 unspecified atom stereocenters. The molecule has 0 saturated carbocycles. The molecule has 1 aromatic carbocycles. The molecule has 0 radical (unpaired) electrons. The van der Waals surface area contributed by atoms with E-state index < -0.39 is 5.91 Å². The first-order chi connectivity index (χ1) is 7.15. The van der Waals surface area contributed by atoms with Crippen molar-refractivity contribution in [3.05, 3.63) is 34.3 Å². The summed E-state index contributed by atoms with van der Waals surface area (Å²) >= 11 is 3.43. The van der Waals surface area contributed by atoms with E-state index in [9.17, 15) is 4.79 Å². The lowest BCUT2D eigenvalue weighted by molar-refractivity contribution is -0.124. The lowest BCUT2D eigenvalue weighted by Crippen LogP contribution is -2.27. The van der Waals surface area contributed by atoms with E-state index in [1.165, 1.54) is 4.90 Å². The predicted molar refractivity (Wildman–Crippen MR) is 61.1 cm³/mol. The number of benzene rings is 1. The van der Waals surface area contributed by atoms with E-state index >= 15 is 0 Å². The Morgan fingerprint density at radius 2 is 2.20 bits per heavy atom. The highest BCUT2D eigenvalue weighted by molar-refractivity contribution is 9.10. The lowest BCUT2D eigenvalue weighted by Gasteiger charge is -2.13. The molecule has 0 aliphatic carbocycles. The molecule has 0 spiro atoms. The first kappa shape index (κ1) is 11.7. The predicted octanol–water partition coefficient (Wildman–Crippen LogP) is 1.97. The third-order valence-corrected chi connectivity index (χ3v) is 2.89. The van der Waals surface area contributed by atoms with Crippen molar-refractivity contribution in [3.63, 3.8) is 0 Å². The van der Waals surface area contributed by atoms with Crippen LogP contribution in [0.2, 0.25) is 0 Å². The van der Waals surface area contributed by atoms with E-state index in [4.69, 9.17) is 5.26 Å². The molecule has 4 heteroatoms. The molecular formula is C11H11BrN2O. The fourth-order valence-electron chi connectivity index (χ4n) is 1.18. The van der Waals surface area contributed by atoms with E-state index in [0.29, 0.717) is 6.54 Å². The molecule has 0 fully saturated rings. The molecule has 0 aliphatic rings. The Bertz CT molecular complexity index is 398. The summed E-state index contributed by atoms with van der Waals surface area (Å²) in [7, 11) is 1.63. The highest BCUT2D eigenvalue weighted by Crippen LogP contribution is 2.16. The molecule has 1 amide bonds. The van der Waals surface area contributed by atoms with Crippen molar-refractivity contribution in [2.24, 2.45) is 0 Å². The van der Waals surface area contributed by atoms with Gasteiger partial charge in [0.2, 0.25) is 0 Å². The van der Waals surface area contributed by atoms with Crippen LogP contribution in [0.3, 0.4) is 0 Å². The van der Waals surface area contributed by atoms with Gasteiger partial charge in [-0.15, -0.1) is 0 Å². The molecule has 0 aromatic heterocycles. The monoisotopic (exact) mass is 266 g/mol. The number of amides is 1. The van der Waals surface area contributed by atoms with Crippen LogP contribution in [0.25, 0.3) is 0 Å². The van der Waals surface area contributed by atoms with Crippen LogP contribution >= 0.6 is 15.9 Å². The van der Waals surface area contributed by atoms with Gasteiger partial charge in [-0.1, -0.05) is 34.1 Å². The van der Waals surface area contributed by atoms with Crippen molar-refractivity contribution >= 4 is 21.8 Å². The zero-order valence-corrected chi connectivity index (χ0v) is 9.99. The minimum atomic E-state index is -0.498. The van der Waals surface area contributed by atoms with Gasteiger partial charge in [0, 0.05) is 18.1 Å². The van der Waals surface area contributed by atoms with Crippen molar-refractivity contribution < 1.29 is 4.79 Å². The van der Waals surface area contributed by atoms with Crippen LogP contribution < -0.4 is 0 Å². The van der Waals surface area contributed by atoms with Crippen LogP contribution in [0.15, 0.2) is 28.7 Å². The maximum atomic E-state index is 11.0. The molecule has 0 atom stereocenters. The van der Waals surface area contributed by atoms with Crippen molar-refractivity contribution in [2.75, 3.05) is 13.6 Å². The second-order valence-electron chi connectivity index (χ2n) is 3.18. The second-order valence-corrected chi connectivity index (χ2v) is 4.03. The van der Waals surface area contributed by atoms with E-state index in [1.807, 2.05) is 24.3 Å². The Morgan fingerprint density at radius 3 is 2.80 bits per heavy atom. The first-order valence-electron chi connectivity index (χ1n) is 4.53. The summed E-state index contributed by atoms with van der Waals surface area (Å²) < 4.78 is 1.03. The largest absolute Gasteiger partial charge is 0.333 e. The standard InChI is InChI=1S/C11H11BrN2O/c1-14(11(15)8-13)7-6-9-4-2-3-5-10(9)12/h2-5H,6-7H2,1H3. The van der Waals surface area contributed by atoms with Crippen molar-refractivity contribution in [1.29, 1.82) is 5.26 Å². The number of hydrogen-bond donors (Lipinski definition) is 0. The second kappa shape index (κ2) is 5.52.